The molecule has 1 saturated heterocycles. The zero-order chi connectivity index (χ0) is 15.6. The number of carboxylic acids is 1. The third-order valence-corrected chi connectivity index (χ3v) is 5.02. The number of allylic oxidation sites excluding steroid dienone is 2. The molecule has 0 radical (unpaired) electrons. The Labute approximate surface area is 130 Å². The van der Waals surface area contributed by atoms with Gasteiger partial charge in [-0.1, -0.05) is 42.5 Å². The third kappa shape index (κ3) is 2.54. The Balaban J connectivity index is 1.73. The average molecular weight is 299 g/mol. The summed E-state index contributed by atoms with van der Waals surface area (Å²) in [5.41, 5.74) is -0.0106. The molecule has 1 heterocycles. The van der Waals surface area contributed by atoms with Crippen molar-refractivity contribution in [1.82, 2.24) is 4.90 Å². The maximum atomic E-state index is 12.5. The number of carbonyl (C=O) groups excluding carboxylic acids is 1. The first kappa shape index (κ1) is 14.8. The number of nitrogens with zero attached hydrogens (tertiary/aromatic N) is 1. The molecule has 1 N–H and O–H groups in total. The van der Waals surface area contributed by atoms with E-state index >= 15 is 0 Å². The maximum absolute atomic E-state index is 12.5. The number of carbonyl (C=O) groups is 2. The van der Waals surface area contributed by atoms with Crippen molar-refractivity contribution in [2.45, 2.75) is 31.1 Å². The van der Waals surface area contributed by atoms with Crippen molar-refractivity contribution in [3.63, 3.8) is 0 Å². The van der Waals surface area contributed by atoms with Crippen LogP contribution in [-0.2, 0) is 15.0 Å². The van der Waals surface area contributed by atoms with E-state index in [4.69, 9.17) is 0 Å². The minimum atomic E-state index is -0.855. The van der Waals surface area contributed by atoms with Crippen molar-refractivity contribution in [3.8, 4) is 0 Å². The van der Waals surface area contributed by atoms with Crippen molar-refractivity contribution in [1.29, 1.82) is 0 Å². The molecule has 0 atom stereocenters. The van der Waals surface area contributed by atoms with Gasteiger partial charge < -0.3 is 10.0 Å². The van der Waals surface area contributed by atoms with Crippen LogP contribution >= 0.6 is 0 Å². The third-order valence-electron chi connectivity index (χ3n) is 5.02. The van der Waals surface area contributed by atoms with Gasteiger partial charge in [0.25, 0.3) is 0 Å². The molecule has 0 saturated carbocycles. The SMILES string of the molecule is O=C(C1CC=CC1)N1CCC(C(=O)O)(c2ccccc2)CC1. The van der Waals surface area contributed by atoms with Crippen molar-refractivity contribution in [2.24, 2.45) is 5.92 Å². The fraction of sp³-hybridized carbons (Fsp3) is 0.444. The predicted octanol–water partition coefficient (Wildman–Crippen LogP) is 2.60. The number of benzene rings is 1. The minimum Gasteiger partial charge on any atom is -0.481 e. The van der Waals surface area contributed by atoms with Crippen LogP contribution in [0.3, 0.4) is 0 Å². The average Bonchev–Trinajstić information content (AvgIpc) is 3.09. The van der Waals surface area contributed by atoms with E-state index in [-0.39, 0.29) is 11.8 Å². The number of aliphatic carboxylic acids is 1. The molecule has 0 aromatic heterocycles. The molecular formula is C18H21NO3. The lowest BCUT2D eigenvalue weighted by Crippen LogP contribution is -2.50. The van der Waals surface area contributed by atoms with E-state index in [1.165, 1.54) is 0 Å². The summed E-state index contributed by atoms with van der Waals surface area (Å²) in [4.78, 5) is 26.2. The van der Waals surface area contributed by atoms with Crippen LogP contribution in [0.4, 0.5) is 0 Å². The molecule has 4 heteroatoms. The molecule has 0 spiro atoms. The van der Waals surface area contributed by atoms with E-state index in [1.54, 1.807) is 0 Å². The molecule has 0 unspecified atom stereocenters. The smallest absolute Gasteiger partial charge is 0.314 e. The molecule has 1 aromatic rings. The number of likely N-dealkylation sites (tertiary alicyclic amines) is 1. The standard InChI is InChI=1S/C18H21NO3/c20-16(14-6-4-5-7-14)19-12-10-18(11-13-19,17(21)22)15-8-2-1-3-9-15/h1-5,8-9,14H,6-7,10-13H2,(H,21,22). The van der Waals surface area contributed by atoms with Crippen molar-refractivity contribution < 1.29 is 14.7 Å². The summed E-state index contributed by atoms with van der Waals surface area (Å²) in [6.07, 6.45) is 6.71. The monoisotopic (exact) mass is 299 g/mol. The normalized spacial score (nSPS) is 21.0. The highest BCUT2D eigenvalue weighted by molar-refractivity contribution is 5.83. The topological polar surface area (TPSA) is 57.6 Å². The van der Waals surface area contributed by atoms with Gasteiger partial charge in [-0.25, -0.2) is 0 Å². The number of rotatable bonds is 3. The van der Waals surface area contributed by atoms with Gasteiger partial charge in [-0.15, -0.1) is 0 Å². The molecule has 1 aliphatic heterocycles. The highest BCUT2D eigenvalue weighted by atomic mass is 16.4. The summed E-state index contributed by atoms with van der Waals surface area (Å²) in [6.45, 7) is 1.05. The van der Waals surface area contributed by atoms with E-state index in [0.717, 1.165) is 18.4 Å². The van der Waals surface area contributed by atoms with E-state index in [1.807, 2.05) is 35.2 Å². The van der Waals surface area contributed by atoms with Crippen molar-refractivity contribution in [2.75, 3.05) is 13.1 Å². The summed E-state index contributed by atoms with van der Waals surface area (Å²) in [6, 6.07) is 9.41. The van der Waals surface area contributed by atoms with Crippen LogP contribution in [-0.4, -0.2) is 35.0 Å². The Morgan fingerprint density at radius 3 is 2.18 bits per heavy atom. The van der Waals surface area contributed by atoms with Gasteiger partial charge in [-0.05, 0) is 31.2 Å². The highest BCUT2D eigenvalue weighted by Crippen LogP contribution is 2.36. The predicted molar refractivity (Wildman–Crippen MR) is 83.4 cm³/mol. The number of carboxylic acid groups (broad SMARTS) is 1. The molecule has 1 amide bonds. The fourth-order valence-corrected chi connectivity index (χ4v) is 3.57. The van der Waals surface area contributed by atoms with Gasteiger partial charge in [-0.3, -0.25) is 9.59 Å². The van der Waals surface area contributed by atoms with Gasteiger partial charge in [0.1, 0.15) is 0 Å². The Bertz CT molecular complexity index is 578. The zero-order valence-electron chi connectivity index (χ0n) is 12.6. The Morgan fingerprint density at radius 2 is 1.64 bits per heavy atom. The van der Waals surface area contributed by atoms with Crippen LogP contribution in [0, 0.1) is 5.92 Å². The Morgan fingerprint density at radius 1 is 1.05 bits per heavy atom. The van der Waals surface area contributed by atoms with Crippen LogP contribution in [0.5, 0.6) is 0 Å². The van der Waals surface area contributed by atoms with Gasteiger partial charge >= 0.3 is 5.97 Å². The number of amides is 1. The largest absolute Gasteiger partial charge is 0.481 e. The summed E-state index contributed by atoms with van der Waals surface area (Å²) in [5.74, 6) is -0.542. The lowest BCUT2D eigenvalue weighted by atomic mass is 9.72. The van der Waals surface area contributed by atoms with E-state index < -0.39 is 11.4 Å². The van der Waals surface area contributed by atoms with Crippen LogP contribution < -0.4 is 0 Å². The van der Waals surface area contributed by atoms with Crippen LogP contribution in [0.1, 0.15) is 31.2 Å². The van der Waals surface area contributed by atoms with E-state index in [2.05, 4.69) is 12.2 Å². The van der Waals surface area contributed by atoms with Crippen molar-refractivity contribution in [3.05, 3.63) is 48.0 Å². The lowest BCUT2D eigenvalue weighted by Gasteiger charge is -2.40. The Kier molecular flexibility index (Phi) is 4.01. The molecule has 0 bridgehead atoms. The highest BCUT2D eigenvalue weighted by Gasteiger charge is 2.44. The first-order chi connectivity index (χ1) is 10.6. The molecule has 2 aliphatic rings. The van der Waals surface area contributed by atoms with E-state index in [9.17, 15) is 14.7 Å². The molecule has 3 rings (SSSR count). The number of hydrogen-bond donors (Lipinski definition) is 1. The molecule has 1 aromatic carbocycles. The van der Waals surface area contributed by atoms with Crippen LogP contribution in [0.25, 0.3) is 0 Å². The molecule has 116 valence electrons. The summed E-state index contributed by atoms with van der Waals surface area (Å²) in [7, 11) is 0. The van der Waals surface area contributed by atoms with Gasteiger partial charge in [-0.2, -0.15) is 0 Å². The minimum absolute atomic E-state index is 0.0639. The van der Waals surface area contributed by atoms with Crippen molar-refractivity contribution >= 4 is 11.9 Å². The molecule has 22 heavy (non-hydrogen) atoms. The van der Waals surface area contributed by atoms with Crippen LogP contribution in [0.15, 0.2) is 42.5 Å². The van der Waals surface area contributed by atoms with Gasteiger partial charge in [0.2, 0.25) is 5.91 Å². The molecule has 1 fully saturated rings. The number of hydrogen-bond acceptors (Lipinski definition) is 2. The maximum Gasteiger partial charge on any atom is 0.314 e. The van der Waals surface area contributed by atoms with Gasteiger partial charge in [0.15, 0.2) is 0 Å². The van der Waals surface area contributed by atoms with E-state index in [0.29, 0.717) is 25.9 Å². The van der Waals surface area contributed by atoms with Gasteiger partial charge in [0, 0.05) is 19.0 Å². The zero-order valence-corrected chi connectivity index (χ0v) is 12.6. The fourth-order valence-electron chi connectivity index (χ4n) is 3.57. The first-order valence-corrected chi connectivity index (χ1v) is 7.86. The summed E-state index contributed by atoms with van der Waals surface area (Å²) >= 11 is 0. The second kappa shape index (κ2) is 5.95. The summed E-state index contributed by atoms with van der Waals surface area (Å²) in [5, 5.41) is 9.77. The second-order valence-electron chi connectivity index (χ2n) is 6.22. The summed E-state index contributed by atoms with van der Waals surface area (Å²) < 4.78 is 0. The van der Waals surface area contributed by atoms with Crippen LogP contribution in [0.2, 0.25) is 0 Å². The quantitative estimate of drug-likeness (QED) is 0.873. The molecule has 4 nitrogen and oxygen atoms in total. The Hall–Kier alpha value is -2.10. The lowest BCUT2D eigenvalue weighted by molar-refractivity contribution is -0.149. The molecule has 1 aliphatic carbocycles. The first-order valence-electron chi connectivity index (χ1n) is 7.86. The second-order valence-corrected chi connectivity index (χ2v) is 6.22. The number of piperidine rings is 1. The van der Waals surface area contributed by atoms with Gasteiger partial charge in [0.05, 0.1) is 5.41 Å². The molecular weight excluding hydrogens is 278 g/mol.